The molecule has 1 aliphatic rings. The Balaban J connectivity index is 2.88. The van der Waals surface area contributed by atoms with Crippen LogP contribution in [-0.2, 0) is 0 Å². The first-order valence-electron chi connectivity index (χ1n) is 4.07. The molecular weight excluding hydrogens is 120 g/mol. The molecule has 0 aromatic carbocycles. The SMILES string of the molecule is C[C]1C(C)=C(C)C(C)C1C. The average Bonchev–Trinajstić information content (AvgIpc) is 2.07. The van der Waals surface area contributed by atoms with Crippen LogP contribution in [0.3, 0.4) is 0 Å². The maximum absolute atomic E-state index is 2.32. The molecule has 0 spiro atoms. The van der Waals surface area contributed by atoms with E-state index in [-0.39, 0.29) is 0 Å². The monoisotopic (exact) mass is 137 g/mol. The molecule has 10 heavy (non-hydrogen) atoms. The van der Waals surface area contributed by atoms with Gasteiger partial charge in [0.25, 0.3) is 0 Å². The molecule has 0 nitrogen and oxygen atoms in total. The van der Waals surface area contributed by atoms with Crippen molar-refractivity contribution in [3.63, 3.8) is 0 Å². The predicted molar refractivity (Wildman–Crippen MR) is 45.6 cm³/mol. The van der Waals surface area contributed by atoms with E-state index in [0.29, 0.717) is 0 Å². The van der Waals surface area contributed by atoms with Gasteiger partial charge >= 0.3 is 0 Å². The van der Waals surface area contributed by atoms with E-state index in [0.717, 1.165) is 11.8 Å². The van der Waals surface area contributed by atoms with E-state index in [9.17, 15) is 0 Å². The van der Waals surface area contributed by atoms with Crippen LogP contribution >= 0.6 is 0 Å². The molecule has 0 amide bonds. The fraction of sp³-hybridized carbons (Fsp3) is 0.700. The van der Waals surface area contributed by atoms with Crippen LogP contribution in [-0.4, -0.2) is 0 Å². The summed E-state index contributed by atoms with van der Waals surface area (Å²) >= 11 is 0. The summed E-state index contributed by atoms with van der Waals surface area (Å²) < 4.78 is 0. The molecule has 0 aliphatic heterocycles. The zero-order valence-corrected chi connectivity index (χ0v) is 7.65. The van der Waals surface area contributed by atoms with E-state index in [1.165, 1.54) is 0 Å². The minimum atomic E-state index is 0.778. The van der Waals surface area contributed by atoms with Gasteiger partial charge in [0.15, 0.2) is 0 Å². The summed E-state index contributed by atoms with van der Waals surface area (Å²) in [6.45, 7) is 11.4. The van der Waals surface area contributed by atoms with Crippen molar-refractivity contribution in [1.82, 2.24) is 0 Å². The fourth-order valence-electron chi connectivity index (χ4n) is 1.74. The van der Waals surface area contributed by atoms with Crippen LogP contribution in [0, 0.1) is 17.8 Å². The van der Waals surface area contributed by atoms with E-state index in [4.69, 9.17) is 0 Å². The highest BCUT2D eigenvalue weighted by Gasteiger charge is 2.30. The summed E-state index contributed by atoms with van der Waals surface area (Å²) in [6.07, 6.45) is 0. The van der Waals surface area contributed by atoms with Gasteiger partial charge in [0.2, 0.25) is 0 Å². The van der Waals surface area contributed by atoms with Crippen molar-refractivity contribution in [1.29, 1.82) is 0 Å². The fourth-order valence-corrected chi connectivity index (χ4v) is 1.74. The number of rotatable bonds is 0. The van der Waals surface area contributed by atoms with Crippen molar-refractivity contribution in [3.8, 4) is 0 Å². The summed E-state index contributed by atoms with van der Waals surface area (Å²) in [5.74, 6) is 3.14. The molecule has 0 aromatic heterocycles. The van der Waals surface area contributed by atoms with Gasteiger partial charge in [-0.3, -0.25) is 0 Å². The number of hydrogen-bond acceptors (Lipinski definition) is 0. The zero-order valence-electron chi connectivity index (χ0n) is 7.65. The smallest absolute Gasteiger partial charge is 0.000839 e. The van der Waals surface area contributed by atoms with Crippen molar-refractivity contribution in [2.24, 2.45) is 11.8 Å². The van der Waals surface area contributed by atoms with Crippen LogP contribution < -0.4 is 0 Å². The summed E-state index contributed by atoms with van der Waals surface area (Å²) in [4.78, 5) is 0. The summed E-state index contributed by atoms with van der Waals surface area (Å²) in [5.41, 5.74) is 3.13. The lowest BCUT2D eigenvalue weighted by Gasteiger charge is -2.14. The second-order valence-electron chi connectivity index (χ2n) is 3.57. The topological polar surface area (TPSA) is 0 Å². The van der Waals surface area contributed by atoms with Crippen LogP contribution in [0.1, 0.15) is 34.6 Å². The Kier molecular flexibility index (Phi) is 1.89. The standard InChI is InChI=1S/C10H17/c1-6-7(2)9(4)10(5)8(6)3/h6-7H,1-5H3. The minimum absolute atomic E-state index is 0.778. The highest BCUT2D eigenvalue weighted by atomic mass is 14.3. The maximum atomic E-state index is 2.32. The minimum Gasteiger partial charge on any atom is -0.0707 e. The highest BCUT2D eigenvalue weighted by Crippen LogP contribution is 2.41. The van der Waals surface area contributed by atoms with Gasteiger partial charge in [-0.15, -0.1) is 0 Å². The molecule has 2 unspecified atom stereocenters. The second-order valence-corrected chi connectivity index (χ2v) is 3.57. The van der Waals surface area contributed by atoms with Crippen LogP contribution in [0.15, 0.2) is 11.1 Å². The van der Waals surface area contributed by atoms with Crippen LogP contribution in [0.25, 0.3) is 0 Å². The molecule has 0 bridgehead atoms. The van der Waals surface area contributed by atoms with Crippen LogP contribution in [0.4, 0.5) is 0 Å². The Morgan fingerprint density at radius 2 is 1.40 bits per heavy atom. The molecule has 0 heteroatoms. The lowest BCUT2D eigenvalue weighted by atomic mass is 9.90. The Morgan fingerprint density at radius 1 is 0.900 bits per heavy atom. The summed E-state index contributed by atoms with van der Waals surface area (Å²) in [5, 5.41) is 0. The normalized spacial score (nSPS) is 35.7. The Morgan fingerprint density at radius 3 is 1.50 bits per heavy atom. The molecule has 0 saturated heterocycles. The third-order valence-corrected chi connectivity index (χ3v) is 3.30. The Hall–Kier alpha value is -0.260. The van der Waals surface area contributed by atoms with E-state index in [2.05, 4.69) is 34.6 Å². The van der Waals surface area contributed by atoms with E-state index < -0.39 is 0 Å². The molecule has 0 N–H and O–H groups in total. The third-order valence-electron chi connectivity index (χ3n) is 3.30. The van der Waals surface area contributed by atoms with Crippen LogP contribution in [0.5, 0.6) is 0 Å². The van der Waals surface area contributed by atoms with Gasteiger partial charge in [0.1, 0.15) is 0 Å². The lowest BCUT2D eigenvalue weighted by molar-refractivity contribution is 0.503. The van der Waals surface area contributed by atoms with Crippen molar-refractivity contribution in [2.75, 3.05) is 0 Å². The molecule has 0 fully saturated rings. The average molecular weight is 137 g/mol. The van der Waals surface area contributed by atoms with Crippen molar-refractivity contribution < 1.29 is 0 Å². The number of hydrogen-bond donors (Lipinski definition) is 0. The zero-order chi connectivity index (χ0) is 7.89. The number of allylic oxidation sites excluding steroid dienone is 2. The molecule has 1 rings (SSSR count). The molecule has 2 atom stereocenters. The van der Waals surface area contributed by atoms with E-state index in [1.54, 1.807) is 17.1 Å². The van der Waals surface area contributed by atoms with Gasteiger partial charge in [0, 0.05) is 5.92 Å². The molecular formula is C10H17. The Bertz CT molecular complexity index is 147. The Labute approximate surface area is 64.3 Å². The van der Waals surface area contributed by atoms with Gasteiger partial charge in [-0.2, -0.15) is 0 Å². The highest BCUT2D eigenvalue weighted by molar-refractivity contribution is 5.35. The largest absolute Gasteiger partial charge is 0.0707 e. The molecule has 1 aliphatic carbocycles. The first-order valence-corrected chi connectivity index (χ1v) is 4.07. The van der Waals surface area contributed by atoms with Gasteiger partial charge in [0.05, 0.1) is 0 Å². The van der Waals surface area contributed by atoms with Gasteiger partial charge in [-0.25, -0.2) is 0 Å². The summed E-state index contributed by atoms with van der Waals surface area (Å²) in [7, 11) is 0. The van der Waals surface area contributed by atoms with Crippen LogP contribution in [0.2, 0.25) is 0 Å². The predicted octanol–water partition coefficient (Wildman–Crippen LogP) is 3.20. The lowest BCUT2D eigenvalue weighted by Crippen LogP contribution is -2.06. The first kappa shape index (κ1) is 7.84. The first-order chi connectivity index (χ1) is 4.55. The summed E-state index contributed by atoms with van der Waals surface area (Å²) in [6, 6.07) is 0. The van der Waals surface area contributed by atoms with Crippen molar-refractivity contribution in [3.05, 3.63) is 17.1 Å². The van der Waals surface area contributed by atoms with Crippen molar-refractivity contribution in [2.45, 2.75) is 34.6 Å². The van der Waals surface area contributed by atoms with Gasteiger partial charge in [-0.1, -0.05) is 31.9 Å². The van der Waals surface area contributed by atoms with Crippen molar-refractivity contribution >= 4 is 0 Å². The molecule has 0 heterocycles. The van der Waals surface area contributed by atoms with E-state index >= 15 is 0 Å². The second kappa shape index (κ2) is 2.41. The molecule has 0 saturated carbocycles. The van der Waals surface area contributed by atoms with E-state index in [1.807, 2.05) is 0 Å². The third kappa shape index (κ3) is 0.902. The van der Waals surface area contributed by atoms with Gasteiger partial charge < -0.3 is 0 Å². The molecule has 57 valence electrons. The molecule has 1 radical (unpaired) electrons. The quantitative estimate of drug-likeness (QED) is 0.481. The maximum Gasteiger partial charge on any atom is 0.000839 e. The van der Waals surface area contributed by atoms with Gasteiger partial charge in [-0.05, 0) is 25.7 Å². The molecule has 0 aromatic rings.